The summed E-state index contributed by atoms with van der Waals surface area (Å²) in [7, 11) is 0. The second-order valence-corrected chi connectivity index (χ2v) is 11.8. The van der Waals surface area contributed by atoms with E-state index < -0.39 is 0 Å². The lowest BCUT2D eigenvalue weighted by atomic mass is 9.98. The minimum atomic E-state index is -0.0429. The van der Waals surface area contributed by atoms with Gasteiger partial charge in [0.05, 0.1) is 33.5 Å². The van der Waals surface area contributed by atoms with Crippen LogP contribution in [0.15, 0.2) is 49.1 Å². The maximum atomic E-state index is 12.8. The lowest BCUT2D eigenvalue weighted by Gasteiger charge is -2.22. The third kappa shape index (κ3) is 6.16. The Balaban J connectivity index is 1.22. The fraction of sp³-hybridized carbons (Fsp3) is 0.414. The highest BCUT2D eigenvalue weighted by Gasteiger charge is 2.20. The molecule has 0 unspecified atom stereocenters. The number of rotatable bonds is 8. The Morgan fingerprint density at radius 1 is 1.16 bits per heavy atom. The fourth-order valence-electron chi connectivity index (χ4n) is 4.52. The lowest BCUT2D eigenvalue weighted by molar-refractivity contribution is 0.0662. The van der Waals surface area contributed by atoms with Gasteiger partial charge in [-0.3, -0.25) is 9.48 Å². The van der Waals surface area contributed by atoms with Gasteiger partial charge in [-0.1, -0.05) is 32.9 Å². The standard InChI is InChI=1S/C29H34N6O2S/c1-19-15-21(6-5-20(19)7-8-25(36)26-17-31-27(38-26)29(2,3)4)24-9-12-30-28(34-24)33-22-16-32-35(18-22)23-10-13-37-14-11-23/h5-6,9,12,15-18,23H,7-8,10-11,13-14H2,1-4H3,(H,30,33,34). The van der Waals surface area contributed by atoms with Gasteiger partial charge < -0.3 is 10.1 Å². The number of nitrogens with one attached hydrogen (secondary N) is 1. The van der Waals surface area contributed by atoms with Crippen LogP contribution in [-0.4, -0.2) is 43.7 Å². The van der Waals surface area contributed by atoms with Gasteiger partial charge in [-0.2, -0.15) is 5.10 Å². The van der Waals surface area contributed by atoms with Crippen LogP contribution >= 0.6 is 11.3 Å². The zero-order valence-electron chi connectivity index (χ0n) is 22.4. The van der Waals surface area contributed by atoms with E-state index in [2.05, 4.69) is 66.3 Å². The summed E-state index contributed by atoms with van der Waals surface area (Å²) in [6.07, 6.45) is 10.4. The first-order valence-corrected chi connectivity index (χ1v) is 13.9. The Hall–Kier alpha value is -3.43. The third-order valence-corrected chi connectivity index (χ3v) is 8.22. The van der Waals surface area contributed by atoms with Crippen LogP contribution in [0.4, 0.5) is 11.6 Å². The molecule has 0 aliphatic carbocycles. The van der Waals surface area contributed by atoms with Gasteiger partial charge in [0.1, 0.15) is 0 Å². The summed E-state index contributed by atoms with van der Waals surface area (Å²) in [4.78, 5) is 27.1. The van der Waals surface area contributed by atoms with Crippen molar-refractivity contribution in [2.75, 3.05) is 18.5 Å². The fourth-order valence-corrected chi connectivity index (χ4v) is 5.46. The number of carbonyl (C=O) groups excluding carboxylic acids is 1. The molecule has 0 atom stereocenters. The van der Waals surface area contributed by atoms with E-state index in [0.717, 1.165) is 64.0 Å². The molecule has 9 heteroatoms. The highest BCUT2D eigenvalue weighted by Crippen LogP contribution is 2.28. The van der Waals surface area contributed by atoms with Crippen molar-refractivity contribution < 1.29 is 9.53 Å². The number of carbonyl (C=O) groups is 1. The number of hydrogen-bond acceptors (Lipinski definition) is 8. The van der Waals surface area contributed by atoms with E-state index in [0.29, 0.717) is 24.8 Å². The van der Waals surface area contributed by atoms with E-state index in [1.807, 2.05) is 23.1 Å². The molecule has 8 nitrogen and oxygen atoms in total. The third-order valence-electron chi connectivity index (χ3n) is 6.76. The molecule has 0 radical (unpaired) electrons. The number of aryl methyl sites for hydroxylation is 2. The van der Waals surface area contributed by atoms with E-state index in [4.69, 9.17) is 9.72 Å². The first-order chi connectivity index (χ1) is 18.3. The number of ether oxygens (including phenoxy) is 1. The molecule has 3 aromatic heterocycles. The van der Waals surface area contributed by atoms with Crippen molar-refractivity contribution >= 4 is 28.8 Å². The highest BCUT2D eigenvalue weighted by atomic mass is 32.1. The summed E-state index contributed by atoms with van der Waals surface area (Å²) >= 11 is 1.51. The summed E-state index contributed by atoms with van der Waals surface area (Å²) in [5.74, 6) is 0.675. The summed E-state index contributed by atoms with van der Waals surface area (Å²) in [5, 5.41) is 8.79. The molecular weight excluding hydrogens is 496 g/mol. The van der Waals surface area contributed by atoms with Gasteiger partial charge >= 0.3 is 0 Å². The maximum absolute atomic E-state index is 12.8. The van der Waals surface area contributed by atoms with Gasteiger partial charge in [0, 0.05) is 49.2 Å². The number of anilines is 2. The van der Waals surface area contributed by atoms with Crippen molar-refractivity contribution in [1.29, 1.82) is 0 Å². The second kappa shape index (κ2) is 11.1. The average Bonchev–Trinajstić information content (AvgIpc) is 3.59. The van der Waals surface area contributed by atoms with Crippen LogP contribution in [0.1, 0.15) is 71.9 Å². The van der Waals surface area contributed by atoms with E-state index >= 15 is 0 Å². The Bertz CT molecular complexity index is 1410. The molecular formula is C29H34N6O2S. The van der Waals surface area contributed by atoms with Crippen LogP contribution in [0.2, 0.25) is 0 Å². The second-order valence-electron chi connectivity index (χ2n) is 10.8. The molecule has 5 rings (SSSR count). The Morgan fingerprint density at radius 3 is 2.71 bits per heavy atom. The van der Waals surface area contributed by atoms with Crippen LogP contribution in [0.5, 0.6) is 0 Å². The number of thiazole rings is 1. The minimum Gasteiger partial charge on any atom is -0.381 e. The number of Topliss-reactive ketones (excluding diaryl/α,β-unsaturated/α-hetero) is 1. The first-order valence-electron chi connectivity index (χ1n) is 13.1. The molecule has 1 aromatic carbocycles. The van der Waals surface area contributed by atoms with Crippen LogP contribution in [0.25, 0.3) is 11.3 Å². The molecule has 1 saturated heterocycles. The smallest absolute Gasteiger partial charge is 0.227 e. The normalized spacial score (nSPS) is 14.5. The number of benzene rings is 1. The monoisotopic (exact) mass is 530 g/mol. The Morgan fingerprint density at radius 2 is 1.97 bits per heavy atom. The highest BCUT2D eigenvalue weighted by molar-refractivity contribution is 7.13. The summed E-state index contributed by atoms with van der Waals surface area (Å²) in [6.45, 7) is 9.98. The van der Waals surface area contributed by atoms with Crippen LogP contribution in [-0.2, 0) is 16.6 Å². The van der Waals surface area contributed by atoms with Gasteiger partial charge in [-0.15, -0.1) is 11.3 Å². The Kier molecular flexibility index (Phi) is 7.67. The predicted molar refractivity (Wildman–Crippen MR) is 150 cm³/mol. The van der Waals surface area contributed by atoms with E-state index in [1.165, 1.54) is 11.3 Å². The van der Waals surface area contributed by atoms with Crippen molar-refractivity contribution in [2.45, 2.75) is 64.8 Å². The van der Waals surface area contributed by atoms with E-state index in [1.54, 1.807) is 12.4 Å². The number of ketones is 1. The molecule has 4 heterocycles. The van der Waals surface area contributed by atoms with Gasteiger partial charge in [-0.05, 0) is 49.4 Å². The first kappa shape index (κ1) is 26.2. The van der Waals surface area contributed by atoms with E-state index in [9.17, 15) is 4.79 Å². The number of nitrogens with zero attached hydrogens (tertiary/aromatic N) is 5. The van der Waals surface area contributed by atoms with Crippen LogP contribution < -0.4 is 5.32 Å². The number of hydrogen-bond donors (Lipinski definition) is 1. The van der Waals surface area contributed by atoms with Crippen molar-refractivity contribution in [1.82, 2.24) is 24.7 Å². The van der Waals surface area contributed by atoms with Gasteiger partial charge in [0.2, 0.25) is 5.95 Å². The quantitative estimate of drug-likeness (QED) is 0.267. The molecule has 0 amide bonds. The molecule has 1 aliphatic rings. The van der Waals surface area contributed by atoms with Crippen molar-refractivity contribution in [3.63, 3.8) is 0 Å². The topological polar surface area (TPSA) is 94.8 Å². The van der Waals surface area contributed by atoms with Crippen molar-refractivity contribution in [3.05, 3.63) is 70.1 Å². The summed E-state index contributed by atoms with van der Waals surface area (Å²) in [6, 6.07) is 8.56. The zero-order valence-corrected chi connectivity index (χ0v) is 23.2. The number of aromatic nitrogens is 5. The SMILES string of the molecule is Cc1cc(-c2ccnc(Nc3cnn(C4CCOCC4)c3)n2)ccc1CCC(=O)c1cnc(C(C)(C)C)s1. The summed E-state index contributed by atoms with van der Waals surface area (Å²) in [5.41, 5.74) is 4.97. The molecule has 1 N–H and O–H groups in total. The zero-order chi connectivity index (χ0) is 26.7. The molecule has 4 aromatic rings. The van der Waals surface area contributed by atoms with Crippen molar-refractivity contribution in [2.24, 2.45) is 0 Å². The Labute approximate surface area is 227 Å². The van der Waals surface area contributed by atoms with Crippen LogP contribution in [0, 0.1) is 6.92 Å². The summed E-state index contributed by atoms with van der Waals surface area (Å²) < 4.78 is 7.45. The molecule has 38 heavy (non-hydrogen) atoms. The van der Waals surface area contributed by atoms with Crippen molar-refractivity contribution in [3.8, 4) is 11.3 Å². The molecule has 1 aliphatic heterocycles. The predicted octanol–water partition coefficient (Wildman–Crippen LogP) is 6.31. The largest absolute Gasteiger partial charge is 0.381 e. The maximum Gasteiger partial charge on any atom is 0.227 e. The van der Waals surface area contributed by atoms with Crippen LogP contribution in [0.3, 0.4) is 0 Å². The van der Waals surface area contributed by atoms with Gasteiger partial charge in [0.25, 0.3) is 0 Å². The molecule has 1 fully saturated rings. The van der Waals surface area contributed by atoms with E-state index in [-0.39, 0.29) is 11.2 Å². The lowest BCUT2D eigenvalue weighted by Crippen LogP contribution is -2.19. The average molecular weight is 531 g/mol. The van der Waals surface area contributed by atoms with Gasteiger partial charge in [0.15, 0.2) is 5.78 Å². The molecule has 0 spiro atoms. The molecule has 198 valence electrons. The molecule has 0 bridgehead atoms. The molecule has 0 saturated carbocycles. The minimum absolute atomic E-state index is 0.0429. The van der Waals surface area contributed by atoms with Gasteiger partial charge in [-0.25, -0.2) is 15.0 Å².